The van der Waals surface area contributed by atoms with Crippen molar-refractivity contribution in [3.8, 4) is 0 Å². The molecule has 2 amide bonds. The van der Waals surface area contributed by atoms with Gasteiger partial charge < -0.3 is 9.80 Å². The molecule has 0 radical (unpaired) electrons. The van der Waals surface area contributed by atoms with Gasteiger partial charge in [0.15, 0.2) is 0 Å². The molecule has 1 aliphatic heterocycles. The minimum atomic E-state index is -0.808. The third kappa shape index (κ3) is 3.31. The number of hydrogen-bond acceptors (Lipinski definition) is 2. The van der Waals surface area contributed by atoms with E-state index in [9.17, 15) is 18.4 Å². The Kier molecular flexibility index (Phi) is 5.02. The molecule has 0 spiro atoms. The summed E-state index contributed by atoms with van der Waals surface area (Å²) in [6, 6.07) is 10.6. The van der Waals surface area contributed by atoms with Crippen LogP contribution in [-0.2, 0) is 9.59 Å². The molecule has 6 heteroatoms. The fourth-order valence-electron chi connectivity index (χ4n) is 3.34. The summed E-state index contributed by atoms with van der Waals surface area (Å²) in [6.45, 7) is 4.35. The van der Waals surface area contributed by atoms with Crippen molar-refractivity contribution in [1.82, 2.24) is 0 Å². The molecule has 1 heterocycles. The minimum Gasteiger partial charge on any atom is -0.312 e. The number of amides is 2. The molecule has 0 aromatic heterocycles. The Morgan fingerprint density at radius 3 is 2.62 bits per heavy atom. The highest BCUT2D eigenvalue weighted by atomic mass is 19.1. The van der Waals surface area contributed by atoms with Gasteiger partial charge in [-0.2, -0.15) is 0 Å². The van der Waals surface area contributed by atoms with E-state index in [-0.39, 0.29) is 30.5 Å². The monoisotopic (exact) mass is 358 g/mol. The number of rotatable bonds is 4. The molecule has 0 N–H and O–H groups in total. The van der Waals surface area contributed by atoms with Gasteiger partial charge in [0.1, 0.15) is 11.6 Å². The van der Waals surface area contributed by atoms with Gasteiger partial charge in [-0.05, 0) is 37.6 Å². The maximum atomic E-state index is 14.0. The zero-order valence-electron chi connectivity index (χ0n) is 14.7. The lowest BCUT2D eigenvalue weighted by Crippen LogP contribution is -2.38. The Balaban J connectivity index is 1.83. The second-order valence-electron chi connectivity index (χ2n) is 6.37. The summed E-state index contributed by atoms with van der Waals surface area (Å²) in [7, 11) is 0. The first-order valence-electron chi connectivity index (χ1n) is 8.54. The Morgan fingerprint density at radius 1 is 1.23 bits per heavy atom. The SMILES string of the molecule is CCN(C(=O)[C@@H]1CC(=O)N(c2ccc(F)cc2F)C1)c1ccccc1C. The number of hydrogen-bond donors (Lipinski definition) is 0. The molecule has 3 rings (SSSR count). The number of carbonyl (C=O) groups excluding carboxylic acids is 2. The summed E-state index contributed by atoms with van der Waals surface area (Å²) in [4.78, 5) is 28.2. The first kappa shape index (κ1) is 18.0. The quantitative estimate of drug-likeness (QED) is 0.837. The Labute approximate surface area is 151 Å². The second kappa shape index (κ2) is 7.23. The minimum absolute atomic E-state index is 0.00522. The first-order chi connectivity index (χ1) is 12.4. The number of benzene rings is 2. The van der Waals surface area contributed by atoms with Gasteiger partial charge in [-0.3, -0.25) is 9.59 Å². The van der Waals surface area contributed by atoms with Crippen molar-refractivity contribution in [3.63, 3.8) is 0 Å². The van der Waals surface area contributed by atoms with Crippen LogP contribution in [0.2, 0.25) is 0 Å². The highest BCUT2D eigenvalue weighted by Crippen LogP contribution is 2.30. The molecule has 0 saturated carbocycles. The number of nitrogens with zero attached hydrogens (tertiary/aromatic N) is 2. The third-order valence-corrected chi connectivity index (χ3v) is 4.66. The third-order valence-electron chi connectivity index (χ3n) is 4.66. The van der Waals surface area contributed by atoms with Crippen molar-refractivity contribution in [2.24, 2.45) is 5.92 Å². The van der Waals surface area contributed by atoms with Crippen LogP contribution in [0.25, 0.3) is 0 Å². The van der Waals surface area contributed by atoms with Gasteiger partial charge in [0.2, 0.25) is 11.8 Å². The van der Waals surface area contributed by atoms with Gasteiger partial charge in [0, 0.05) is 31.3 Å². The Bertz CT molecular complexity index is 853. The van der Waals surface area contributed by atoms with Gasteiger partial charge in [-0.15, -0.1) is 0 Å². The molecular weight excluding hydrogens is 338 g/mol. The summed E-state index contributed by atoms with van der Waals surface area (Å²) >= 11 is 0. The number of carbonyl (C=O) groups is 2. The van der Waals surface area contributed by atoms with Crippen molar-refractivity contribution in [1.29, 1.82) is 0 Å². The van der Waals surface area contributed by atoms with Crippen LogP contribution in [0.1, 0.15) is 18.9 Å². The van der Waals surface area contributed by atoms with E-state index in [0.717, 1.165) is 23.4 Å². The summed E-state index contributed by atoms with van der Waals surface area (Å²) in [5.74, 6) is -2.58. The zero-order valence-corrected chi connectivity index (χ0v) is 14.7. The predicted octanol–water partition coefficient (Wildman–Crippen LogP) is 3.68. The highest BCUT2D eigenvalue weighted by molar-refractivity contribution is 6.04. The van der Waals surface area contributed by atoms with Gasteiger partial charge >= 0.3 is 0 Å². The summed E-state index contributed by atoms with van der Waals surface area (Å²) in [5, 5.41) is 0. The van der Waals surface area contributed by atoms with Crippen LogP contribution < -0.4 is 9.80 Å². The van der Waals surface area contributed by atoms with Gasteiger partial charge in [0.05, 0.1) is 11.6 Å². The van der Waals surface area contributed by atoms with Gasteiger partial charge in [-0.1, -0.05) is 18.2 Å². The average Bonchev–Trinajstić information content (AvgIpc) is 2.99. The molecular formula is C20H20F2N2O2. The molecule has 1 saturated heterocycles. The molecule has 26 heavy (non-hydrogen) atoms. The Morgan fingerprint density at radius 2 is 1.96 bits per heavy atom. The van der Waals surface area contributed by atoms with Crippen molar-refractivity contribution in [2.75, 3.05) is 22.9 Å². The number of halogens is 2. The maximum Gasteiger partial charge on any atom is 0.232 e. The van der Waals surface area contributed by atoms with Crippen LogP contribution in [0.4, 0.5) is 20.2 Å². The predicted molar refractivity (Wildman–Crippen MR) is 96.0 cm³/mol. The molecule has 4 nitrogen and oxygen atoms in total. The molecule has 0 unspecified atom stereocenters. The van der Waals surface area contributed by atoms with Crippen LogP contribution in [0.5, 0.6) is 0 Å². The van der Waals surface area contributed by atoms with E-state index in [4.69, 9.17) is 0 Å². The molecule has 0 bridgehead atoms. The molecule has 1 aliphatic rings. The normalized spacial score (nSPS) is 16.8. The average molecular weight is 358 g/mol. The van der Waals surface area contributed by atoms with Crippen LogP contribution in [0.3, 0.4) is 0 Å². The zero-order chi connectivity index (χ0) is 18.8. The summed E-state index contributed by atoms with van der Waals surface area (Å²) < 4.78 is 27.1. The highest BCUT2D eigenvalue weighted by Gasteiger charge is 2.38. The van der Waals surface area contributed by atoms with Crippen molar-refractivity contribution in [3.05, 3.63) is 59.7 Å². The molecule has 2 aromatic rings. The standard InChI is InChI=1S/C20H20F2N2O2/c1-3-23(17-7-5-4-6-13(17)2)20(26)14-10-19(25)24(12-14)18-9-8-15(21)11-16(18)22/h4-9,11,14H,3,10,12H2,1-2H3/t14-/m1/s1. The van der Waals surface area contributed by atoms with E-state index in [1.54, 1.807) is 4.90 Å². The molecule has 136 valence electrons. The first-order valence-corrected chi connectivity index (χ1v) is 8.54. The van der Waals surface area contributed by atoms with E-state index >= 15 is 0 Å². The lowest BCUT2D eigenvalue weighted by molar-refractivity contribution is -0.124. The van der Waals surface area contributed by atoms with Crippen LogP contribution in [0, 0.1) is 24.5 Å². The van der Waals surface area contributed by atoms with E-state index in [2.05, 4.69) is 0 Å². The summed E-state index contributed by atoms with van der Waals surface area (Å²) in [5.41, 5.74) is 1.78. The van der Waals surface area contributed by atoms with E-state index in [1.165, 1.54) is 11.0 Å². The molecule has 0 aliphatic carbocycles. The summed E-state index contributed by atoms with van der Waals surface area (Å²) in [6.07, 6.45) is 0.0119. The van der Waals surface area contributed by atoms with Crippen LogP contribution in [0.15, 0.2) is 42.5 Å². The van der Waals surface area contributed by atoms with Crippen LogP contribution in [-0.4, -0.2) is 24.9 Å². The van der Waals surface area contributed by atoms with Crippen LogP contribution >= 0.6 is 0 Å². The number of anilines is 2. The molecule has 2 aromatic carbocycles. The van der Waals surface area contributed by atoms with E-state index in [1.807, 2.05) is 38.1 Å². The largest absolute Gasteiger partial charge is 0.312 e. The smallest absolute Gasteiger partial charge is 0.232 e. The maximum absolute atomic E-state index is 14.0. The fraction of sp³-hybridized carbons (Fsp3) is 0.300. The van der Waals surface area contributed by atoms with Gasteiger partial charge in [0.25, 0.3) is 0 Å². The van der Waals surface area contributed by atoms with Crippen molar-refractivity contribution >= 4 is 23.2 Å². The lowest BCUT2D eigenvalue weighted by Gasteiger charge is -2.26. The van der Waals surface area contributed by atoms with Crippen molar-refractivity contribution in [2.45, 2.75) is 20.3 Å². The van der Waals surface area contributed by atoms with Gasteiger partial charge in [-0.25, -0.2) is 8.78 Å². The number of para-hydroxylation sites is 1. The fourth-order valence-corrected chi connectivity index (χ4v) is 3.34. The Hall–Kier alpha value is -2.76. The molecule has 1 atom stereocenters. The molecule has 1 fully saturated rings. The van der Waals surface area contributed by atoms with E-state index in [0.29, 0.717) is 6.54 Å². The van der Waals surface area contributed by atoms with E-state index < -0.39 is 17.6 Å². The van der Waals surface area contributed by atoms with Crippen molar-refractivity contribution < 1.29 is 18.4 Å². The number of aryl methyl sites for hydroxylation is 1. The second-order valence-corrected chi connectivity index (χ2v) is 6.37. The topological polar surface area (TPSA) is 40.6 Å². The lowest BCUT2D eigenvalue weighted by atomic mass is 10.1.